The molecule has 0 aliphatic rings. The van der Waals surface area contributed by atoms with E-state index in [1.165, 1.54) is 6.26 Å². The number of fused-ring (bicyclic) bond motifs is 1. The number of sulfone groups is 1. The molecule has 4 rings (SSSR count). The lowest BCUT2D eigenvalue weighted by atomic mass is 9.99. The molecule has 0 spiro atoms. The molecular weight excluding hydrogens is 596 g/mol. The lowest BCUT2D eigenvalue weighted by Crippen LogP contribution is -2.13. The number of carbonyl (C=O) groups is 1. The van der Waals surface area contributed by atoms with Gasteiger partial charge in [-0.3, -0.25) is 0 Å². The molecule has 0 saturated heterocycles. The quantitative estimate of drug-likeness (QED) is 0.0793. The van der Waals surface area contributed by atoms with E-state index in [4.69, 9.17) is 28.4 Å². The monoisotopic (exact) mass is 636 g/mol. The number of carbonyl (C=O) groups excluding carboxylic acids is 1. The molecule has 9 nitrogen and oxygen atoms in total. The molecule has 4 aromatic rings. The van der Waals surface area contributed by atoms with Crippen molar-refractivity contribution in [2.45, 2.75) is 24.7 Å². The van der Waals surface area contributed by atoms with Crippen LogP contribution in [-0.4, -0.2) is 73.8 Å². The molecule has 0 fully saturated rings. The molecule has 0 aliphatic carbocycles. The lowest BCUT2D eigenvalue weighted by molar-refractivity contribution is -0.112. The predicted octanol–water partition coefficient (Wildman–Crippen LogP) is 6.51. The third kappa shape index (κ3) is 10.6. The Morgan fingerprint density at radius 3 is 1.96 bits per heavy atom. The molecule has 0 N–H and O–H groups in total. The maximum absolute atomic E-state index is 12.0. The van der Waals surface area contributed by atoms with Gasteiger partial charge in [0.25, 0.3) is 0 Å². The zero-order valence-corrected chi connectivity index (χ0v) is 26.6. The fraction of sp³-hybridized carbons (Fsp3) is 0.343. The topological polar surface area (TPSA) is 107 Å². The maximum atomic E-state index is 12.0. The first kappa shape index (κ1) is 33.9. The van der Waals surface area contributed by atoms with Crippen LogP contribution in [0.1, 0.15) is 19.8 Å². The van der Waals surface area contributed by atoms with Crippen molar-refractivity contribution in [2.75, 3.05) is 59.1 Å². The van der Waals surface area contributed by atoms with Gasteiger partial charge in [0.05, 0.1) is 44.5 Å². The van der Waals surface area contributed by atoms with Gasteiger partial charge in [-0.15, -0.1) is 0 Å². The summed E-state index contributed by atoms with van der Waals surface area (Å²) in [5.41, 5.74) is 1.66. The van der Waals surface area contributed by atoms with Gasteiger partial charge >= 0.3 is 0 Å². The van der Waals surface area contributed by atoms with E-state index in [1.54, 1.807) is 24.3 Å². The van der Waals surface area contributed by atoms with Crippen molar-refractivity contribution >= 4 is 26.9 Å². The molecule has 0 aromatic heterocycles. The molecule has 0 bridgehead atoms. The minimum Gasteiger partial charge on any atom is -0.494 e. The first-order chi connectivity index (χ1) is 21.9. The highest BCUT2D eigenvalue weighted by Gasteiger charge is 2.15. The summed E-state index contributed by atoms with van der Waals surface area (Å²) in [6.45, 7) is 5.29. The second kappa shape index (κ2) is 17.5. The Hall–Kier alpha value is -3.96. The standard InChI is InChI=1S/C35H40O9S/c1-3-4-18-42-31-12-16-34-28(26-31)7-15-33(27-5-13-32(14-6-27)45(2,37)38)35(34)44-30-10-8-29(9-11-30)43-25-24-41-23-22-40-21-20-39-19-17-36/h5-17,26H,3-4,18-25H2,1-2H3. The number of unbranched alkanes of at least 4 members (excludes halogenated alkanes) is 1. The summed E-state index contributed by atoms with van der Waals surface area (Å²) in [5, 5.41) is 1.87. The Morgan fingerprint density at radius 1 is 0.667 bits per heavy atom. The van der Waals surface area contributed by atoms with Crippen LogP contribution >= 0.6 is 0 Å². The molecule has 240 valence electrons. The first-order valence-corrected chi connectivity index (χ1v) is 16.9. The third-order valence-electron chi connectivity index (χ3n) is 6.77. The summed E-state index contributed by atoms with van der Waals surface area (Å²) in [6, 6.07) is 24.1. The molecule has 0 unspecified atom stereocenters. The van der Waals surface area contributed by atoms with Gasteiger partial charge in [0.2, 0.25) is 0 Å². The van der Waals surface area contributed by atoms with Crippen LogP contribution in [0.2, 0.25) is 0 Å². The smallest absolute Gasteiger partial charge is 0.175 e. The Morgan fingerprint density at radius 2 is 1.29 bits per heavy atom. The predicted molar refractivity (Wildman–Crippen MR) is 173 cm³/mol. The van der Waals surface area contributed by atoms with Crippen LogP contribution in [0, 0.1) is 0 Å². The molecule has 45 heavy (non-hydrogen) atoms. The fourth-order valence-corrected chi connectivity index (χ4v) is 5.06. The zero-order valence-electron chi connectivity index (χ0n) is 25.7. The number of hydrogen-bond acceptors (Lipinski definition) is 9. The van der Waals surface area contributed by atoms with Gasteiger partial charge in [0.1, 0.15) is 42.5 Å². The van der Waals surface area contributed by atoms with E-state index < -0.39 is 9.84 Å². The molecular formula is C35H40O9S. The zero-order chi connectivity index (χ0) is 31.9. The van der Waals surface area contributed by atoms with Crippen molar-refractivity contribution in [3.63, 3.8) is 0 Å². The van der Waals surface area contributed by atoms with E-state index in [9.17, 15) is 13.2 Å². The minimum atomic E-state index is -3.32. The normalized spacial score (nSPS) is 11.4. The Bertz CT molecular complexity index is 1600. The van der Waals surface area contributed by atoms with Gasteiger partial charge in [-0.1, -0.05) is 31.5 Å². The number of rotatable bonds is 20. The van der Waals surface area contributed by atoms with Crippen molar-refractivity contribution in [1.29, 1.82) is 0 Å². The van der Waals surface area contributed by atoms with Crippen LogP contribution in [-0.2, 0) is 28.8 Å². The summed E-state index contributed by atoms with van der Waals surface area (Å²) in [5.74, 6) is 2.75. The fourth-order valence-electron chi connectivity index (χ4n) is 4.43. The largest absolute Gasteiger partial charge is 0.494 e. The van der Waals surface area contributed by atoms with Crippen LogP contribution in [0.3, 0.4) is 0 Å². The number of benzene rings is 4. The molecule has 0 atom stereocenters. The molecule has 0 aliphatic heterocycles. The van der Waals surface area contributed by atoms with E-state index in [1.807, 2.05) is 54.6 Å². The number of hydrogen-bond donors (Lipinski definition) is 0. The average Bonchev–Trinajstić information content (AvgIpc) is 3.04. The van der Waals surface area contributed by atoms with E-state index >= 15 is 0 Å². The highest BCUT2D eigenvalue weighted by Crippen LogP contribution is 2.41. The van der Waals surface area contributed by atoms with Crippen LogP contribution in [0.15, 0.2) is 83.8 Å². The lowest BCUT2D eigenvalue weighted by Gasteiger charge is -2.16. The van der Waals surface area contributed by atoms with Gasteiger partial charge in [-0.25, -0.2) is 8.42 Å². The molecule has 4 aromatic carbocycles. The summed E-state index contributed by atoms with van der Waals surface area (Å²) in [6.07, 6.45) is 3.94. The van der Waals surface area contributed by atoms with E-state index in [0.717, 1.165) is 40.5 Å². The van der Waals surface area contributed by atoms with E-state index in [0.29, 0.717) is 69.8 Å². The van der Waals surface area contributed by atoms with Crippen LogP contribution in [0.5, 0.6) is 23.0 Å². The van der Waals surface area contributed by atoms with Gasteiger partial charge in [-0.05, 0) is 78.0 Å². The van der Waals surface area contributed by atoms with Crippen molar-refractivity contribution in [2.24, 2.45) is 0 Å². The molecule has 0 radical (unpaired) electrons. The Labute approximate surface area is 264 Å². The van der Waals surface area contributed by atoms with Gasteiger partial charge in [0, 0.05) is 17.2 Å². The van der Waals surface area contributed by atoms with E-state index in [2.05, 4.69) is 6.92 Å². The summed E-state index contributed by atoms with van der Waals surface area (Å²) in [4.78, 5) is 10.4. The van der Waals surface area contributed by atoms with Crippen LogP contribution in [0.4, 0.5) is 0 Å². The molecule has 0 heterocycles. The maximum Gasteiger partial charge on any atom is 0.175 e. The van der Waals surface area contributed by atoms with Crippen LogP contribution in [0.25, 0.3) is 21.9 Å². The highest BCUT2D eigenvalue weighted by molar-refractivity contribution is 7.90. The second-order valence-corrected chi connectivity index (χ2v) is 12.2. The van der Waals surface area contributed by atoms with Gasteiger partial charge in [-0.2, -0.15) is 0 Å². The number of ether oxygens (including phenoxy) is 6. The molecule has 0 saturated carbocycles. The molecule has 0 amide bonds. The minimum absolute atomic E-state index is 0.0771. The molecule has 10 heteroatoms. The highest BCUT2D eigenvalue weighted by atomic mass is 32.2. The van der Waals surface area contributed by atoms with Crippen molar-refractivity contribution < 1.29 is 41.6 Å². The van der Waals surface area contributed by atoms with Crippen molar-refractivity contribution in [3.05, 3.63) is 78.9 Å². The van der Waals surface area contributed by atoms with Crippen molar-refractivity contribution in [1.82, 2.24) is 0 Å². The Kier molecular flexibility index (Phi) is 13.2. The SMILES string of the molecule is CCCCOc1ccc2c(Oc3ccc(OCCOCCOCCOCC=O)cc3)c(-c3ccc(S(C)(=O)=O)cc3)ccc2c1. The van der Waals surface area contributed by atoms with Crippen molar-refractivity contribution in [3.8, 4) is 34.1 Å². The third-order valence-corrected chi connectivity index (χ3v) is 7.90. The average molecular weight is 637 g/mol. The summed E-state index contributed by atoms with van der Waals surface area (Å²) in [7, 11) is -3.32. The van der Waals surface area contributed by atoms with Gasteiger partial charge < -0.3 is 33.2 Å². The first-order valence-electron chi connectivity index (χ1n) is 15.0. The summed E-state index contributed by atoms with van der Waals surface area (Å²) >= 11 is 0. The summed E-state index contributed by atoms with van der Waals surface area (Å²) < 4.78 is 58.2. The van der Waals surface area contributed by atoms with Crippen LogP contribution < -0.4 is 14.2 Å². The van der Waals surface area contributed by atoms with E-state index in [-0.39, 0.29) is 11.5 Å². The van der Waals surface area contributed by atoms with Gasteiger partial charge in [0.15, 0.2) is 9.84 Å². The Balaban J connectivity index is 1.42. The second-order valence-electron chi connectivity index (χ2n) is 10.2. The number of aldehydes is 1.